The van der Waals surface area contributed by atoms with E-state index in [4.69, 9.17) is 43.5 Å². The Kier molecular flexibility index (Phi) is 26.8. The lowest BCUT2D eigenvalue weighted by molar-refractivity contribution is 0.0715. The van der Waals surface area contributed by atoms with E-state index in [1.54, 1.807) is 48.2 Å². The minimum absolute atomic E-state index is 0. The molecule has 23 heteroatoms. The molecule has 15 nitrogen and oxygen atoms in total. The molecule has 1 amide bonds. The number of halogens is 8. The number of aliphatic hydroxyl groups excluding tert-OH is 2. The summed E-state index contributed by atoms with van der Waals surface area (Å²) in [5, 5.41) is 21.7. The van der Waals surface area contributed by atoms with Gasteiger partial charge in [-0.25, -0.2) is 27.9 Å². The number of carbonyl (C=O) groups excluding carboxylic acids is 4. The smallest absolute Gasteiger partial charge is 0.343 e. The number of esters is 1. The molecular formula is C59H66Cl3F5N6O9. The lowest BCUT2D eigenvalue weighted by Crippen LogP contribution is -2.37. The van der Waals surface area contributed by atoms with Gasteiger partial charge in [0.2, 0.25) is 34.8 Å². The number of Topliss-reactive ketones (excluding diaryl/α,β-unsaturated/α-hetero) is 2. The Balaban J connectivity index is 0.000000329. The maximum Gasteiger partial charge on any atom is 0.343 e. The minimum atomic E-state index is -2.35. The summed E-state index contributed by atoms with van der Waals surface area (Å²) in [5.41, 5.74) is 11.6. The Morgan fingerprint density at radius 2 is 1.02 bits per heavy atom. The zero-order chi connectivity index (χ0) is 59.1. The summed E-state index contributed by atoms with van der Waals surface area (Å²) in [6, 6.07) is 24.0. The summed E-state index contributed by atoms with van der Waals surface area (Å²) in [4.78, 5) is 56.6. The number of nitrogens with zero attached hydrogens (tertiary/aromatic N) is 4. The quantitative estimate of drug-likeness (QED) is 0.0140. The Hall–Kier alpha value is -7.20. The van der Waals surface area contributed by atoms with Gasteiger partial charge >= 0.3 is 5.97 Å². The molecule has 0 spiro atoms. The van der Waals surface area contributed by atoms with Crippen LogP contribution in [0.2, 0.25) is 10.0 Å². The predicted molar refractivity (Wildman–Crippen MR) is 307 cm³/mol. The van der Waals surface area contributed by atoms with E-state index in [0.29, 0.717) is 47.2 Å². The van der Waals surface area contributed by atoms with Crippen LogP contribution in [0.1, 0.15) is 115 Å². The molecule has 2 heterocycles. The summed E-state index contributed by atoms with van der Waals surface area (Å²) in [6.07, 6.45) is 5.75. The van der Waals surface area contributed by atoms with Gasteiger partial charge in [0.25, 0.3) is 5.91 Å². The third-order valence-electron chi connectivity index (χ3n) is 11.6. The van der Waals surface area contributed by atoms with Crippen molar-refractivity contribution in [3.8, 4) is 39.8 Å². The van der Waals surface area contributed by atoms with Gasteiger partial charge in [0, 0.05) is 82.3 Å². The summed E-state index contributed by atoms with van der Waals surface area (Å²) in [7, 11) is 3.61. The topological polar surface area (TPSA) is 210 Å². The van der Waals surface area contributed by atoms with E-state index in [9.17, 15) is 46.2 Å². The number of aromatic nitrogens is 4. The van der Waals surface area contributed by atoms with Crippen LogP contribution in [0.3, 0.4) is 0 Å². The van der Waals surface area contributed by atoms with Crippen molar-refractivity contribution in [2.75, 3.05) is 13.2 Å². The molecule has 5 aromatic carbocycles. The van der Waals surface area contributed by atoms with E-state index < -0.39 is 40.8 Å². The second-order valence-electron chi connectivity index (χ2n) is 18.9. The molecule has 0 aliphatic carbocycles. The number of rotatable bonds is 20. The zero-order valence-corrected chi connectivity index (χ0v) is 47.8. The lowest BCUT2D eigenvalue weighted by atomic mass is 10.0. The molecule has 0 aliphatic heterocycles. The summed E-state index contributed by atoms with van der Waals surface area (Å²) >= 11 is 12.2. The first-order valence-corrected chi connectivity index (χ1v) is 25.8. The molecule has 7 aromatic rings. The first-order valence-electron chi connectivity index (χ1n) is 25.0. The average molecular weight is 1200 g/mol. The maximum absolute atomic E-state index is 13.5. The SMILES string of the molecule is C.CC(=O)c1nc(-c2ccc(C[C@@H](CCO)NC(=O)c3ccc(OC(C)C)c(Cl)c3)cc2)cn1C.CC(=O)c1nc(-c2ccc(C[C@H](N)CCO)cc2)cn1C.CC(C)Oc1ccc(C(=O)Oc2c(F)c(F)c(F)c(F)c2F)cc1Cl.Cl. The number of hydrogen-bond donors (Lipinski definition) is 4. The van der Waals surface area contributed by atoms with Crippen molar-refractivity contribution in [3.05, 3.63) is 170 Å². The first kappa shape index (κ1) is 69.1. The molecule has 442 valence electrons. The molecular weight excluding hydrogens is 1140 g/mol. The molecule has 0 radical (unpaired) electrons. The fourth-order valence-corrected chi connectivity index (χ4v) is 8.24. The van der Waals surface area contributed by atoms with Gasteiger partial charge in [-0.2, -0.15) is 8.78 Å². The highest BCUT2D eigenvalue weighted by Crippen LogP contribution is 2.32. The van der Waals surface area contributed by atoms with Crippen LogP contribution in [0.4, 0.5) is 22.0 Å². The number of carbonyl (C=O) groups is 4. The van der Waals surface area contributed by atoms with E-state index in [1.165, 1.54) is 19.9 Å². The number of aryl methyl sites for hydroxylation is 2. The molecule has 2 aromatic heterocycles. The van der Waals surface area contributed by atoms with Crippen LogP contribution in [-0.4, -0.2) is 90.3 Å². The molecule has 2 atom stereocenters. The Bertz CT molecular complexity index is 3280. The Morgan fingerprint density at radius 1 is 0.622 bits per heavy atom. The number of aliphatic hydroxyl groups is 2. The van der Waals surface area contributed by atoms with E-state index >= 15 is 0 Å². The van der Waals surface area contributed by atoms with Crippen LogP contribution in [-0.2, 0) is 26.9 Å². The second-order valence-corrected chi connectivity index (χ2v) is 19.7. The van der Waals surface area contributed by atoms with Crippen molar-refractivity contribution in [1.82, 2.24) is 24.4 Å². The van der Waals surface area contributed by atoms with E-state index in [0.717, 1.165) is 52.2 Å². The van der Waals surface area contributed by atoms with Crippen LogP contribution in [0.15, 0.2) is 97.3 Å². The molecule has 0 saturated heterocycles. The number of nitrogens with one attached hydrogen (secondary N) is 1. The maximum atomic E-state index is 13.5. The van der Waals surface area contributed by atoms with Gasteiger partial charge in [-0.1, -0.05) is 79.2 Å². The summed E-state index contributed by atoms with van der Waals surface area (Å²) < 4.78 is 84.9. The van der Waals surface area contributed by atoms with Crippen LogP contribution in [0.25, 0.3) is 22.5 Å². The molecule has 7 rings (SSSR count). The highest BCUT2D eigenvalue weighted by Gasteiger charge is 2.29. The van der Waals surface area contributed by atoms with Crippen molar-refractivity contribution >= 4 is 59.1 Å². The van der Waals surface area contributed by atoms with E-state index in [1.807, 2.05) is 81.8 Å². The molecule has 0 unspecified atom stereocenters. The average Bonchev–Trinajstić information content (AvgIpc) is 4.14. The summed E-state index contributed by atoms with van der Waals surface area (Å²) in [5.74, 6) is -13.1. The van der Waals surface area contributed by atoms with Crippen LogP contribution in [0, 0.1) is 29.1 Å². The molecule has 0 aliphatic rings. The van der Waals surface area contributed by atoms with Crippen molar-refractivity contribution < 1.29 is 65.6 Å². The monoisotopic (exact) mass is 1200 g/mol. The van der Waals surface area contributed by atoms with Crippen molar-refractivity contribution in [1.29, 1.82) is 0 Å². The van der Waals surface area contributed by atoms with E-state index in [-0.39, 0.29) is 91.1 Å². The van der Waals surface area contributed by atoms with Gasteiger partial charge in [0.05, 0.1) is 39.2 Å². The number of imidazole rings is 2. The highest BCUT2D eigenvalue weighted by atomic mass is 35.5. The van der Waals surface area contributed by atoms with Crippen molar-refractivity contribution in [3.63, 3.8) is 0 Å². The van der Waals surface area contributed by atoms with Crippen LogP contribution < -0.4 is 25.3 Å². The third kappa shape index (κ3) is 18.9. The first-order chi connectivity index (χ1) is 37.8. The third-order valence-corrected chi connectivity index (χ3v) is 12.2. The minimum Gasteiger partial charge on any atom is -0.489 e. The van der Waals surface area contributed by atoms with Crippen LogP contribution >= 0.6 is 35.6 Å². The van der Waals surface area contributed by atoms with Gasteiger partial charge in [-0.05, 0) is 101 Å². The molecule has 0 bridgehead atoms. The number of ether oxygens (including phenoxy) is 3. The predicted octanol–water partition coefficient (Wildman–Crippen LogP) is 12.1. The van der Waals surface area contributed by atoms with Crippen molar-refractivity contribution in [2.45, 2.75) is 98.9 Å². The number of benzene rings is 5. The normalized spacial score (nSPS) is 11.5. The van der Waals surface area contributed by atoms with Gasteiger partial charge in [0.15, 0.2) is 23.2 Å². The zero-order valence-electron chi connectivity index (χ0n) is 45.5. The molecule has 0 fully saturated rings. The lowest BCUT2D eigenvalue weighted by Gasteiger charge is -2.19. The van der Waals surface area contributed by atoms with Gasteiger partial charge in [-0.3, -0.25) is 14.4 Å². The molecule has 5 N–H and O–H groups in total. The Labute approximate surface area is 489 Å². The fourth-order valence-electron chi connectivity index (χ4n) is 7.79. The molecule has 82 heavy (non-hydrogen) atoms. The van der Waals surface area contributed by atoms with Crippen molar-refractivity contribution in [2.24, 2.45) is 19.8 Å². The van der Waals surface area contributed by atoms with E-state index in [2.05, 4.69) is 20.0 Å². The van der Waals surface area contributed by atoms with Crippen LogP contribution in [0.5, 0.6) is 17.2 Å². The number of nitrogens with two attached hydrogens (primary N) is 1. The number of ketones is 2. The van der Waals surface area contributed by atoms with Gasteiger partial charge in [-0.15, -0.1) is 12.4 Å². The number of hydrogen-bond acceptors (Lipinski definition) is 12. The van der Waals surface area contributed by atoms with Gasteiger partial charge in [0.1, 0.15) is 11.5 Å². The number of amides is 1. The second kappa shape index (κ2) is 31.9. The largest absolute Gasteiger partial charge is 0.489 e. The summed E-state index contributed by atoms with van der Waals surface area (Å²) in [6.45, 7) is 10.4. The Morgan fingerprint density at radius 3 is 1.41 bits per heavy atom. The highest BCUT2D eigenvalue weighted by molar-refractivity contribution is 6.32. The fraction of sp³-hybridized carbons (Fsp3) is 0.322. The van der Waals surface area contributed by atoms with Gasteiger partial charge < -0.3 is 44.6 Å². The molecule has 0 saturated carbocycles. The standard InChI is InChI=1S/C26H30ClN3O4.C16H10ClF5O3.C16H21N3O2.CH4.ClH/c1-16(2)34-24-10-9-20(14-22(24)27)26(33)28-21(11-12-31)13-18-5-7-19(8-6-18)23-15-30(4)25(29-23)17(3)32;1-6(2)24-9-4-3-7(5-8(9)17)16(23)25-15-13(21)11(19)10(18)12(20)14(15)22;1-11(21)16-18-15(10-19(16)2)13-5-3-12(4-6-13)9-14(17)7-8-20;;/h5-10,14-16,21,31H,11-13H2,1-4H3,(H,28,33);3-6H,1-2H3;3-6,10,14,20H,7-9,17H2,1-2H3;1H4;1H/t21-;;14-;;/m1.1../s1.